The standard InChI is InChI=1S/C24H26N4O2S2/c1-17-3-5-19(6-4-17)22-15-31-24(26-22)32-16-23(30)25-20-7-9-21(10-8-20)28-13-11-27(12-14-28)18(2)29/h3-10,15H,11-14,16H2,1-2H3,(H,25,30). The molecule has 4 rings (SSSR count). The van der Waals surface area contributed by atoms with Crippen LogP contribution in [0.3, 0.4) is 0 Å². The Kier molecular flexibility index (Phi) is 7.12. The maximum atomic E-state index is 12.4. The highest BCUT2D eigenvalue weighted by atomic mass is 32.2. The third kappa shape index (κ3) is 5.69. The van der Waals surface area contributed by atoms with E-state index in [0.717, 1.165) is 53.2 Å². The minimum Gasteiger partial charge on any atom is -0.368 e. The number of piperazine rings is 1. The van der Waals surface area contributed by atoms with E-state index in [4.69, 9.17) is 0 Å². The van der Waals surface area contributed by atoms with Crippen molar-refractivity contribution in [3.8, 4) is 11.3 Å². The van der Waals surface area contributed by atoms with E-state index in [1.165, 1.54) is 17.3 Å². The molecule has 0 spiro atoms. The molecule has 1 saturated heterocycles. The molecule has 2 heterocycles. The van der Waals surface area contributed by atoms with Crippen LogP contribution in [0.1, 0.15) is 12.5 Å². The molecule has 1 fully saturated rings. The maximum Gasteiger partial charge on any atom is 0.234 e. The Morgan fingerprint density at radius 2 is 1.72 bits per heavy atom. The van der Waals surface area contributed by atoms with Crippen molar-refractivity contribution >= 4 is 46.3 Å². The number of hydrogen-bond acceptors (Lipinski definition) is 6. The number of nitrogens with zero attached hydrogens (tertiary/aromatic N) is 3. The average Bonchev–Trinajstić information content (AvgIpc) is 3.28. The van der Waals surface area contributed by atoms with Crippen LogP contribution in [0.5, 0.6) is 0 Å². The van der Waals surface area contributed by atoms with Gasteiger partial charge >= 0.3 is 0 Å². The SMILES string of the molecule is CC(=O)N1CCN(c2ccc(NC(=O)CSc3nc(-c4ccc(C)cc4)cs3)cc2)CC1. The molecular formula is C24H26N4O2S2. The molecular weight excluding hydrogens is 440 g/mol. The Bertz CT molecular complexity index is 1070. The zero-order valence-corrected chi connectivity index (χ0v) is 19.8. The van der Waals surface area contributed by atoms with Gasteiger partial charge in [-0.2, -0.15) is 0 Å². The lowest BCUT2D eigenvalue weighted by molar-refractivity contribution is -0.129. The van der Waals surface area contributed by atoms with Gasteiger partial charge in [-0.1, -0.05) is 41.6 Å². The minimum atomic E-state index is -0.0510. The summed E-state index contributed by atoms with van der Waals surface area (Å²) < 4.78 is 0.885. The van der Waals surface area contributed by atoms with Crippen molar-refractivity contribution in [3.63, 3.8) is 0 Å². The second-order valence-corrected chi connectivity index (χ2v) is 9.82. The van der Waals surface area contributed by atoms with Crippen molar-refractivity contribution < 1.29 is 9.59 Å². The molecule has 0 radical (unpaired) electrons. The Morgan fingerprint density at radius 3 is 2.38 bits per heavy atom. The first kappa shape index (κ1) is 22.4. The summed E-state index contributed by atoms with van der Waals surface area (Å²) in [6.07, 6.45) is 0. The van der Waals surface area contributed by atoms with Gasteiger partial charge in [-0.15, -0.1) is 11.3 Å². The number of anilines is 2. The third-order valence-corrected chi connectivity index (χ3v) is 7.42. The van der Waals surface area contributed by atoms with Gasteiger partial charge in [0, 0.05) is 55.4 Å². The van der Waals surface area contributed by atoms with Gasteiger partial charge in [0.2, 0.25) is 11.8 Å². The predicted molar refractivity (Wildman–Crippen MR) is 133 cm³/mol. The highest BCUT2D eigenvalue weighted by Crippen LogP contribution is 2.28. The van der Waals surface area contributed by atoms with E-state index in [2.05, 4.69) is 46.4 Å². The topological polar surface area (TPSA) is 65.5 Å². The summed E-state index contributed by atoms with van der Waals surface area (Å²) in [5, 5.41) is 4.98. The number of aromatic nitrogens is 1. The number of carbonyl (C=O) groups excluding carboxylic acids is 2. The van der Waals surface area contributed by atoms with Crippen molar-refractivity contribution in [3.05, 3.63) is 59.5 Å². The molecule has 0 saturated carbocycles. The van der Waals surface area contributed by atoms with E-state index in [1.54, 1.807) is 18.3 Å². The number of amides is 2. The van der Waals surface area contributed by atoms with Gasteiger partial charge in [0.1, 0.15) is 0 Å². The Morgan fingerprint density at radius 1 is 1.03 bits per heavy atom. The molecule has 32 heavy (non-hydrogen) atoms. The van der Waals surface area contributed by atoms with E-state index < -0.39 is 0 Å². The zero-order valence-electron chi connectivity index (χ0n) is 18.2. The second kappa shape index (κ2) is 10.2. The molecule has 166 valence electrons. The van der Waals surface area contributed by atoms with Crippen LogP contribution in [0.2, 0.25) is 0 Å². The molecule has 1 aliphatic heterocycles. The number of aryl methyl sites for hydroxylation is 1. The van der Waals surface area contributed by atoms with Gasteiger partial charge in [0.15, 0.2) is 4.34 Å². The Balaban J connectivity index is 1.26. The molecule has 0 bridgehead atoms. The quantitative estimate of drug-likeness (QED) is 0.541. The predicted octanol–water partition coefficient (Wildman–Crippen LogP) is 4.52. The number of benzene rings is 2. The fourth-order valence-electron chi connectivity index (χ4n) is 3.54. The lowest BCUT2D eigenvalue weighted by atomic mass is 10.1. The molecule has 1 N–H and O–H groups in total. The van der Waals surface area contributed by atoms with Crippen molar-refractivity contribution in [1.29, 1.82) is 0 Å². The molecule has 0 aliphatic carbocycles. The molecule has 2 aromatic carbocycles. The summed E-state index contributed by atoms with van der Waals surface area (Å²) in [7, 11) is 0. The number of thioether (sulfide) groups is 1. The first-order valence-corrected chi connectivity index (χ1v) is 12.4. The summed E-state index contributed by atoms with van der Waals surface area (Å²) in [4.78, 5) is 32.6. The van der Waals surface area contributed by atoms with E-state index >= 15 is 0 Å². The van der Waals surface area contributed by atoms with Gasteiger partial charge in [-0.3, -0.25) is 9.59 Å². The molecule has 3 aromatic rings. The normalized spacial score (nSPS) is 13.8. The summed E-state index contributed by atoms with van der Waals surface area (Å²) >= 11 is 3.01. The lowest BCUT2D eigenvalue weighted by Crippen LogP contribution is -2.48. The number of thiazole rings is 1. The van der Waals surface area contributed by atoms with E-state index in [1.807, 2.05) is 34.5 Å². The van der Waals surface area contributed by atoms with Crippen LogP contribution >= 0.6 is 23.1 Å². The average molecular weight is 467 g/mol. The summed E-state index contributed by atoms with van der Waals surface area (Å²) in [5.74, 6) is 0.393. The van der Waals surface area contributed by atoms with Crippen molar-refractivity contribution in [2.24, 2.45) is 0 Å². The fourth-order valence-corrected chi connectivity index (χ4v) is 5.18. The van der Waals surface area contributed by atoms with Crippen LogP contribution in [0.15, 0.2) is 58.3 Å². The molecule has 0 atom stereocenters. The van der Waals surface area contributed by atoms with Gasteiger partial charge in [0.25, 0.3) is 0 Å². The van der Waals surface area contributed by atoms with E-state index in [9.17, 15) is 9.59 Å². The molecule has 1 aromatic heterocycles. The Hall–Kier alpha value is -2.84. The Labute approximate surface area is 196 Å². The number of rotatable bonds is 6. The smallest absolute Gasteiger partial charge is 0.234 e. The molecule has 6 nitrogen and oxygen atoms in total. The van der Waals surface area contributed by atoms with Crippen LogP contribution in [0.25, 0.3) is 11.3 Å². The van der Waals surface area contributed by atoms with Gasteiger partial charge in [-0.25, -0.2) is 4.98 Å². The summed E-state index contributed by atoms with van der Waals surface area (Å²) in [5.41, 5.74) is 5.13. The molecule has 0 unspecified atom stereocenters. The highest BCUT2D eigenvalue weighted by molar-refractivity contribution is 8.01. The fraction of sp³-hybridized carbons (Fsp3) is 0.292. The summed E-state index contributed by atoms with van der Waals surface area (Å²) in [6, 6.07) is 16.2. The highest BCUT2D eigenvalue weighted by Gasteiger charge is 2.18. The van der Waals surface area contributed by atoms with Crippen LogP contribution in [-0.2, 0) is 9.59 Å². The zero-order chi connectivity index (χ0) is 22.5. The van der Waals surface area contributed by atoms with Crippen LogP contribution in [0.4, 0.5) is 11.4 Å². The maximum absolute atomic E-state index is 12.4. The number of hydrogen-bond donors (Lipinski definition) is 1. The summed E-state index contributed by atoms with van der Waals surface area (Å²) in [6.45, 7) is 6.80. The second-order valence-electron chi connectivity index (χ2n) is 7.74. The molecule has 2 amide bonds. The van der Waals surface area contributed by atoms with E-state index in [0.29, 0.717) is 5.75 Å². The van der Waals surface area contributed by atoms with E-state index in [-0.39, 0.29) is 11.8 Å². The van der Waals surface area contributed by atoms with Crippen LogP contribution in [0, 0.1) is 6.92 Å². The monoisotopic (exact) mass is 466 g/mol. The molecule has 1 aliphatic rings. The lowest BCUT2D eigenvalue weighted by Gasteiger charge is -2.35. The van der Waals surface area contributed by atoms with Gasteiger partial charge in [0.05, 0.1) is 11.4 Å². The first-order chi connectivity index (χ1) is 15.5. The van der Waals surface area contributed by atoms with Gasteiger partial charge in [-0.05, 0) is 31.2 Å². The van der Waals surface area contributed by atoms with Crippen molar-refractivity contribution in [2.75, 3.05) is 42.1 Å². The first-order valence-electron chi connectivity index (χ1n) is 10.5. The largest absolute Gasteiger partial charge is 0.368 e. The third-order valence-electron chi connectivity index (χ3n) is 5.40. The van der Waals surface area contributed by atoms with Gasteiger partial charge < -0.3 is 15.1 Å². The van der Waals surface area contributed by atoms with Crippen molar-refractivity contribution in [2.45, 2.75) is 18.2 Å². The molecule has 8 heteroatoms. The number of nitrogens with one attached hydrogen (secondary N) is 1. The van der Waals surface area contributed by atoms with Crippen LogP contribution < -0.4 is 10.2 Å². The minimum absolute atomic E-state index is 0.0510. The van der Waals surface area contributed by atoms with Crippen molar-refractivity contribution in [1.82, 2.24) is 9.88 Å². The van der Waals surface area contributed by atoms with Crippen LogP contribution in [-0.4, -0.2) is 53.6 Å². The number of carbonyl (C=O) groups is 2.